The zero-order valence-electron chi connectivity index (χ0n) is 13.2. The van der Waals surface area contributed by atoms with E-state index in [0.717, 1.165) is 23.7 Å². The summed E-state index contributed by atoms with van der Waals surface area (Å²) in [7, 11) is -1.08. The Hall–Kier alpha value is -2.17. The first-order valence-corrected chi connectivity index (χ1v) is 10.8. The van der Waals surface area contributed by atoms with Gasteiger partial charge in [-0.1, -0.05) is 19.6 Å². The molecular weight excluding hydrogens is 294 g/mol. The van der Waals surface area contributed by atoms with E-state index in [-0.39, 0.29) is 0 Å². The largest absolute Gasteiger partial charge is 0.413 e. The fourth-order valence-electron chi connectivity index (χ4n) is 2.02. The number of hydrogen-bond donors (Lipinski definition) is 1. The minimum atomic E-state index is -1.08. The van der Waals surface area contributed by atoms with E-state index < -0.39 is 8.07 Å². The molecule has 0 atom stereocenters. The van der Waals surface area contributed by atoms with Crippen molar-refractivity contribution in [2.24, 2.45) is 5.73 Å². The maximum Gasteiger partial charge on any atom is 0.227 e. The summed E-state index contributed by atoms with van der Waals surface area (Å²) in [5.74, 6) is 0. The summed E-state index contributed by atoms with van der Waals surface area (Å²) in [6.45, 7) is 15.3. The number of nitrogens with zero attached hydrogens (tertiary/aromatic N) is 4. The van der Waals surface area contributed by atoms with Gasteiger partial charge in [-0.15, -0.1) is 0 Å². The van der Waals surface area contributed by atoms with Crippen LogP contribution in [-0.4, -0.2) is 29.2 Å². The maximum atomic E-state index is 7.16. The highest BCUT2D eigenvalue weighted by atomic mass is 28.3. The fraction of sp³-hybridized carbons (Fsp3) is 0.400. The lowest BCUT2D eigenvalue weighted by molar-refractivity contribution is 0.0899. The van der Waals surface area contributed by atoms with Crippen molar-refractivity contribution in [1.29, 1.82) is 0 Å². The van der Waals surface area contributed by atoms with Gasteiger partial charge in [0.15, 0.2) is 0 Å². The van der Waals surface area contributed by atoms with Gasteiger partial charge in [-0.3, -0.25) is 0 Å². The van der Waals surface area contributed by atoms with Gasteiger partial charge >= 0.3 is 0 Å². The van der Waals surface area contributed by atoms with Crippen LogP contribution in [0.1, 0.15) is 5.69 Å². The second kappa shape index (κ2) is 6.73. The number of nitrogens with two attached hydrogens (primary N) is 1. The normalized spacial score (nSPS) is 12.5. The van der Waals surface area contributed by atoms with Crippen LogP contribution in [-0.2, 0) is 11.5 Å². The van der Waals surface area contributed by atoms with Gasteiger partial charge in [0, 0.05) is 32.5 Å². The van der Waals surface area contributed by atoms with Crippen LogP contribution in [0.5, 0.6) is 0 Å². The van der Waals surface area contributed by atoms with Crippen LogP contribution in [0.2, 0.25) is 25.7 Å². The number of fused-ring (bicyclic) bond motifs is 1. The smallest absolute Gasteiger partial charge is 0.227 e. The lowest BCUT2D eigenvalue weighted by Crippen LogP contribution is -2.22. The molecule has 0 aliphatic carbocycles. The second-order valence-corrected chi connectivity index (χ2v) is 11.9. The number of hydrogen-bond acceptors (Lipinski definition) is 4. The molecule has 116 valence electrons. The summed E-state index contributed by atoms with van der Waals surface area (Å²) in [5.41, 5.74) is 7.12. The van der Waals surface area contributed by atoms with Crippen molar-refractivity contribution in [2.75, 3.05) is 6.61 Å². The van der Waals surface area contributed by atoms with Crippen LogP contribution >= 0.6 is 0 Å². The first-order valence-electron chi connectivity index (χ1n) is 7.13. The molecule has 2 N–H and O–H groups in total. The van der Waals surface area contributed by atoms with E-state index in [1.165, 1.54) is 12.5 Å². The molecule has 0 radical (unpaired) electrons. The van der Waals surface area contributed by atoms with Crippen molar-refractivity contribution in [3.63, 3.8) is 0 Å². The topological polar surface area (TPSA) is 70.3 Å². The molecular formula is C15H21N5OSi. The molecule has 0 saturated carbocycles. The minimum absolute atomic E-state index is 0.324. The minimum Gasteiger partial charge on any atom is -0.413 e. The Kier molecular flexibility index (Phi) is 4.95. The van der Waals surface area contributed by atoms with E-state index in [1.807, 2.05) is 16.8 Å². The average Bonchev–Trinajstić information content (AvgIpc) is 2.88. The average molecular weight is 315 g/mol. The van der Waals surface area contributed by atoms with Crippen LogP contribution in [0.25, 0.3) is 21.6 Å². The van der Waals surface area contributed by atoms with Gasteiger partial charge in [0.1, 0.15) is 18.7 Å². The zero-order chi connectivity index (χ0) is 16.2. The van der Waals surface area contributed by atoms with Crippen molar-refractivity contribution in [3.05, 3.63) is 41.9 Å². The molecule has 2 aromatic rings. The summed E-state index contributed by atoms with van der Waals surface area (Å²) < 4.78 is 7.67. The highest BCUT2D eigenvalue weighted by Crippen LogP contribution is 2.23. The Bertz CT molecular complexity index is 724. The van der Waals surface area contributed by atoms with Crippen molar-refractivity contribution in [3.8, 4) is 0 Å². The molecule has 6 nitrogen and oxygen atoms in total. The highest BCUT2D eigenvalue weighted by Gasteiger charge is 2.14. The van der Waals surface area contributed by atoms with E-state index in [9.17, 15) is 0 Å². The zero-order valence-corrected chi connectivity index (χ0v) is 14.2. The van der Waals surface area contributed by atoms with E-state index in [0.29, 0.717) is 18.1 Å². The van der Waals surface area contributed by atoms with E-state index in [2.05, 4.69) is 34.5 Å². The standard InChI is InChI=1S/C15H21N5OSi/c1-17-13(9-16)14-12-5-6-20(15(12)19-10-18-14)11-21-7-8-22(2,3)4/h5-6,9-10H,7-8,11,16H2,2-4H3/b13-9+. The molecule has 2 rings (SSSR count). The van der Waals surface area contributed by atoms with Gasteiger partial charge in [0.2, 0.25) is 5.70 Å². The molecule has 22 heavy (non-hydrogen) atoms. The Labute approximate surface area is 131 Å². The Morgan fingerprint density at radius 3 is 2.86 bits per heavy atom. The first kappa shape index (κ1) is 16.2. The Morgan fingerprint density at radius 2 is 2.23 bits per heavy atom. The molecule has 2 heterocycles. The predicted octanol–water partition coefficient (Wildman–Crippen LogP) is 2.92. The molecule has 2 aromatic heterocycles. The van der Waals surface area contributed by atoms with E-state index in [1.54, 1.807) is 0 Å². The quantitative estimate of drug-likeness (QED) is 0.505. The van der Waals surface area contributed by atoms with E-state index >= 15 is 0 Å². The van der Waals surface area contributed by atoms with Gasteiger partial charge in [0.25, 0.3) is 0 Å². The molecule has 0 fully saturated rings. The first-order chi connectivity index (χ1) is 10.5. The predicted molar refractivity (Wildman–Crippen MR) is 90.4 cm³/mol. The monoisotopic (exact) mass is 315 g/mol. The number of aromatic nitrogens is 3. The van der Waals surface area contributed by atoms with E-state index in [4.69, 9.17) is 17.0 Å². The summed E-state index contributed by atoms with van der Waals surface area (Å²) in [6, 6.07) is 3.02. The lowest BCUT2D eigenvalue weighted by atomic mass is 10.2. The fourth-order valence-corrected chi connectivity index (χ4v) is 2.78. The van der Waals surface area contributed by atoms with Crippen molar-refractivity contribution < 1.29 is 4.74 Å². The van der Waals surface area contributed by atoms with Crippen LogP contribution in [0.4, 0.5) is 0 Å². The molecule has 0 spiro atoms. The second-order valence-electron chi connectivity index (χ2n) is 6.26. The van der Waals surface area contributed by atoms with Crippen LogP contribution in [0.15, 0.2) is 24.8 Å². The molecule has 0 aromatic carbocycles. The Morgan fingerprint density at radius 1 is 1.45 bits per heavy atom. The molecule has 7 heteroatoms. The van der Waals surface area contributed by atoms with Crippen LogP contribution in [0, 0.1) is 6.57 Å². The summed E-state index contributed by atoms with van der Waals surface area (Å²) in [4.78, 5) is 11.9. The third-order valence-corrected chi connectivity index (χ3v) is 5.01. The molecule has 0 amide bonds. The van der Waals surface area contributed by atoms with Gasteiger partial charge in [-0.05, 0) is 12.1 Å². The van der Waals surface area contributed by atoms with Gasteiger partial charge < -0.3 is 15.0 Å². The van der Waals surface area contributed by atoms with Crippen LogP contribution < -0.4 is 5.73 Å². The summed E-state index contributed by atoms with van der Waals surface area (Å²) in [5, 5.41) is 0.809. The van der Waals surface area contributed by atoms with Gasteiger partial charge in [0.05, 0.1) is 12.3 Å². The molecule has 0 unspecified atom stereocenters. The highest BCUT2D eigenvalue weighted by molar-refractivity contribution is 6.76. The van der Waals surface area contributed by atoms with Crippen molar-refractivity contribution in [1.82, 2.24) is 14.5 Å². The number of ether oxygens (including phenoxy) is 1. The van der Waals surface area contributed by atoms with Crippen LogP contribution in [0.3, 0.4) is 0 Å². The summed E-state index contributed by atoms with van der Waals surface area (Å²) >= 11 is 0. The van der Waals surface area contributed by atoms with Gasteiger partial charge in [-0.25, -0.2) is 14.8 Å². The lowest BCUT2D eigenvalue weighted by Gasteiger charge is -2.15. The third-order valence-electron chi connectivity index (χ3n) is 3.30. The van der Waals surface area contributed by atoms with Gasteiger partial charge in [-0.2, -0.15) is 0 Å². The molecule has 0 saturated heterocycles. The van der Waals surface area contributed by atoms with Crippen molar-refractivity contribution in [2.45, 2.75) is 32.4 Å². The Balaban J connectivity index is 2.17. The molecule has 0 aliphatic rings. The maximum absolute atomic E-state index is 7.16. The third kappa shape index (κ3) is 3.72. The molecule has 0 aliphatic heterocycles. The number of rotatable bonds is 6. The summed E-state index contributed by atoms with van der Waals surface area (Å²) in [6.07, 6.45) is 4.62. The molecule has 0 bridgehead atoms. The van der Waals surface area contributed by atoms with Crippen molar-refractivity contribution >= 4 is 24.8 Å². The SMILES string of the molecule is [C-]#[N+]/C(=C/N)c1ncnc2c1ccn2COCC[Si](C)(C)C.